The molecule has 134 valence electrons. The minimum Gasteiger partial charge on any atom is -0.466 e. The summed E-state index contributed by atoms with van der Waals surface area (Å²) >= 11 is 0. The molecule has 3 rings (SSSR count). The van der Waals surface area contributed by atoms with Gasteiger partial charge >= 0.3 is 0 Å². The molecule has 1 saturated heterocycles. The molecule has 0 radical (unpaired) electrons. The van der Waals surface area contributed by atoms with Crippen molar-refractivity contribution in [3.63, 3.8) is 0 Å². The molecule has 0 bridgehead atoms. The second kappa shape index (κ2) is 7.55. The number of carbonyl (C=O) groups is 1. The van der Waals surface area contributed by atoms with E-state index in [2.05, 4.69) is 10.3 Å². The lowest BCUT2D eigenvalue weighted by Crippen LogP contribution is -2.46. The highest BCUT2D eigenvalue weighted by Gasteiger charge is 2.23. The minimum absolute atomic E-state index is 0.0428. The van der Waals surface area contributed by atoms with Crippen LogP contribution in [0.5, 0.6) is 0 Å². The van der Waals surface area contributed by atoms with Crippen LogP contribution < -0.4 is 15.8 Å². The Hall–Kier alpha value is -2.57. The number of hydrogen-bond donors (Lipinski definition) is 1. The number of nitrogens with zero attached hydrogens (tertiary/aromatic N) is 3. The third-order valence-corrected chi connectivity index (χ3v) is 4.55. The molecule has 7 heteroatoms. The van der Waals surface area contributed by atoms with E-state index in [-0.39, 0.29) is 17.5 Å². The second-order valence-corrected chi connectivity index (χ2v) is 6.51. The van der Waals surface area contributed by atoms with E-state index in [1.165, 1.54) is 4.57 Å². The van der Waals surface area contributed by atoms with Crippen molar-refractivity contribution in [2.24, 2.45) is 7.05 Å². The van der Waals surface area contributed by atoms with Gasteiger partial charge in [0.2, 0.25) is 5.91 Å². The van der Waals surface area contributed by atoms with Crippen LogP contribution in [0.25, 0.3) is 0 Å². The number of piperidine rings is 1. The normalized spacial score (nSPS) is 15.4. The second-order valence-electron chi connectivity index (χ2n) is 6.51. The van der Waals surface area contributed by atoms with E-state index < -0.39 is 0 Å². The van der Waals surface area contributed by atoms with E-state index in [0.717, 1.165) is 24.4 Å². The van der Waals surface area contributed by atoms with Crippen molar-refractivity contribution < 1.29 is 9.21 Å². The predicted molar refractivity (Wildman–Crippen MR) is 94.6 cm³/mol. The number of nitrogens with one attached hydrogen (secondary N) is 1. The van der Waals surface area contributed by atoms with Crippen LogP contribution in [0.15, 0.2) is 33.7 Å². The van der Waals surface area contributed by atoms with E-state index in [1.807, 2.05) is 24.0 Å². The van der Waals surface area contributed by atoms with E-state index in [9.17, 15) is 9.59 Å². The van der Waals surface area contributed by atoms with Gasteiger partial charge in [-0.2, -0.15) is 0 Å². The number of aromatic nitrogens is 2. The molecule has 0 aromatic carbocycles. The first-order valence-corrected chi connectivity index (χ1v) is 8.64. The molecule has 7 nitrogen and oxygen atoms in total. The fraction of sp³-hybridized carbons (Fsp3) is 0.500. The Labute approximate surface area is 146 Å². The number of carbonyl (C=O) groups excluding carboxylic acids is 1. The molecule has 25 heavy (non-hydrogen) atoms. The first-order chi connectivity index (χ1) is 12.0. The largest absolute Gasteiger partial charge is 0.466 e. The summed E-state index contributed by atoms with van der Waals surface area (Å²) in [6.45, 7) is 3.33. The molecule has 2 aromatic rings. The van der Waals surface area contributed by atoms with Crippen LogP contribution in [-0.4, -0.2) is 34.6 Å². The number of amides is 1. The van der Waals surface area contributed by atoms with Crippen molar-refractivity contribution in [1.82, 2.24) is 14.9 Å². The number of furan rings is 1. The topological polar surface area (TPSA) is 80.4 Å². The van der Waals surface area contributed by atoms with Crippen molar-refractivity contribution in [1.29, 1.82) is 0 Å². The zero-order valence-corrected chi connectivity index (χ0v) is 14.7. The van der Waals surface area contributed by atoms with Gasteiger partial charge in [-0.3, -0.25) is 9.59 Å². The first-order valence-electron chi connectivity index (χ1n) is 8.64. The van der Waals surface area contributed by atoms with Crippen LogP contribution in [-0.2, 0) is 18.3 Å². The Kier molecular flexibility index (Phi) is 5.21. The van der Waals surface area contributed by atoms with Gasteiger partial charge in [0, 0.05) is 51.4 Å². The number of aryl methyl sites for hydroxylation is 3. The lowest BCUT2D eigenvalue weighted by atomic mass is 10.0. The van der Waals surface area contributed by atoms with Gasteiger partial charge in [0.25, 0.3) is 5.56 Å². The van der Waals surface area contributed by atoms with Gasteiger partial charge in [-0.1, -0.05) is 0 Å². The Balaban J connectivity index is 1.46. The smallest absolute Gasteiger partial charge is 0.293 e. The summed E-state index contributed by atoms with van der Waals surface area (Å²) in [5.41, 5.74) is -0.0845. The van der Waals surface area contributed by atoms with Gasteiger partial charge in [0.05, 0.1) is 0 Å². The zero-order valence-electron chi connectivity index (χ0n) is 14.7. The van der Waals surface area contributed by atoms with Crippen molar-refractivity contribution in [2.45, 2.75) is 38.6 Å². The molecule has 0 spiro atoms. The molecule has 0 unspecified atom stereocenters. The van der Waals surface area contributed by atoms with E-state index in [4.69, 9.17) is 4.42 Å². The molecule has 1 aliphatic rings. The molecule has 2 aromatic heterocycles. The van der Waals surface area contributed by atoms with Crippen molar-refractivity contribution in [2.75, 3.05) is 18.0 Å². The highest BCUT2D eigenvalue weighted by molar-refractivity contribution is 5.76. The molecule has 0 saturated carbocycles. The van der Waals surface area contributed by atoms with Crippen molar-refractivity contribution in [3.8, 4) is 0 Å². The Morgan fingerprint density at radius 2 is 2.12 bits per heavy atom. The molecule has 1 aliphatic heterocycles. The van der Waals surface area contributed by atoms with Gasteiger partial charge in [-0.05, 0) is 31.9 Å². The summed E-state index contributed by atoms with van der Waals surface area (Å²) < 4.78 is 7.02. The van der Waals surface area contributed by atoms with Gasteiger partial charge in [0.1, 0.15) is 11.5 Å². The first kappa shape index (κ1) is 17.3. The summed E-state index contributed by atoms with van der Waals surface area (Å²) in [6, 6.07) is 3.97. The lowest BCUT2D eigenvalue weighted by Gasteiger charge is -2.32. The summed E-state index contributed by atoms with van der Waals surface area (Å²) in [6.07, 6.45) is 5.95. The van der Waals surface area contributed by atoms with Gasteiger partial charge in [0.15, 0.2) is 5.82 Å². The van der Waals surface area contributed by atoms with Crippen molar-refractivity contribution >= 4 is 11.7 Å². The third-order valence-electron chi connectivity index (χ3n) is 4.55. The quantitative estimate of drug-likeness (QED) is 0.887. The highest BCUT2D eigenvalue weighted by atomic mass is 16.3. The van der Waals surface area contributed by atoms with Crippen LogP contribution in [0.3, 0.4) is 0 Å². The van der Waals surface area contributed by atoms with Crippen LogP contribution in [0.1, 0.15) is 30.8 Å². The Bertz CT molecular complexity index is 788. The lowest BCUT2D eigenvalue weighted by molar-refractivity contribution is -0.121. The third kappa shape index (κ3) is 4.29. The molecule has 1 amide bonds. The molecule has 1 fully saturated rings. The fourth-order valence-corrected chi connectivity index (χ4v) is 3.09. The minimum atomic E-state index is -0.0845. The van der Waals surface area contributed by atoms with E-state index in [1.54, 1.807) is 19.4 Å². The van der Waals surface area contributed by atoms with Crippen LogP contribution >= 0.6 is 0 Å². The van der Waals surface area contributed by atoms with Gasteiger partial charge < -0.3 is 19.2 Å². The number of hydrogen-bond acceptors (Lipinski definition) is 5. The average molecular weight is 344 g/mol. The molecule has 3 heterocycles. The van der Waals surface area contributed by atoms with Crippen LogP contribution in [0, 0.1) is 6.92 Å². The zero-order chi connectivity index (χ0) is 17.8. The van der Waals surface area contributed by atoms with Crippen LogP contribution in [0.2, 0.25) is 0 Å². The van der Waals surface area contributed by atoms with E-state index >= 15 is 0 Å². The maximum Gasteiger partial charge on any atom is 0.293 e. The molecule has 0 atom stereocenters. The monoisotopic (exact) mass is 344 g/mol. The highest BCUT2D eigenvalue weighted by Crippen LogP contribution is 2.15. The maximum atomic E-state index is 12.1. The molecular weight excluding hydrogens is 320 g/mol. The van der Waals surface area contributed by atoms with Crippen molar-refractivity contribution in [3.05, 3.63) is 46.4 Å². The Morgan fingerprint density at radius 1 is 1.36 bits per heavy atom. The molecule has 1 N–H and O–H groups in total. The molecule has 0 aliphatic carbocycles. The summed E-state index contributed by atoms with van der Waals surface area (Å²) in [4.78, 5) is 30.4. The van der Waals surface area contributed by atoms with E-state index in [0.29, 0.717) is 31.7 Å². The van der Waals surface area contributed by atoms with Crippen LogP contribution in [0.4, 0.5) is 5.82 Å². The van der Waals surface area contributed by atoms with Gasteiger partial charge in [-0.25, -0.2) is 4.98 Å². The number of anilines is 1. The molecular formula is C18H24N4O3. The number of rotatable bonds is 5. The summed E-state index contributed by atoms with van der Waals surface area (Å²) in [7, 11) is 1.72. The SMILES string of the molecule is Cc1ccc(CCC(=O)NC2CCN(c3nccn(C)c3=O)CC2)o1. The Morgan fingerprint density at radius 3 is 2.80 bits per heavy atom. The standard InChI is InChI=1S/C18H24N4O3/c1-13-3-4-15(25-13)5-6-16(23)20-14-7-10-22(11-8-14)17-18(24)21(2)12-9-19-17/h3-4,9,12,14H,5-8,10-11H2,1-2H3,(H,20,23). The van der Waals surface area contributed by atoms with Gasteiger partial charge in [-0.15, -0.1) is 0 Å². The predicted octanol–water partition coefficient (Wildman–Crippen LogP) is 1.40. The average Bonchev–Trinajstić information content (AvgIpc) is 3.02. The maximum absolute atomic E-state index is 12.1. The summed E-state index contributed by atoms with van der Waals surface area (Å²) in [5, 5.41) is 3.08. The summed E-state index contributed by atoms with van der Waals surface area (Å²) in [5.74, 6) is 2.24. The fourth-order valence-electron chi connectivity index (χ4n) is 3.09.